The molecule has 2 aromatic rings. The van der Waals surface area contributed by atoms with Crippen molar-refractivity contribution in [3.05, 3.63) is 71.3 Å². The summed E-state index contributed by atoms with van der Waals surface area (Å²) < 4.78 is 0. The van der Waals surface area contributed by atoms with Crippen molar-refractivity contribution in [2.24, 2.45) is 0 Å². The van der Waals surface area contributed by atoms with E-state index in [1.807, 2.05) is 47.4 Å². The van der Waals surface area contributed by atoms with Gasteiger partial charge in [0, 0.05) is 24.9 Å². The van der Waals surface area contributed by atoms with Crippen molar-refractivity contribution in [2.45, 2.75) is 45.1 Å². The van der Waals surface area contributed by atoms with E-state index in [0.29, 0.717) is 5.56 Å². The quantitative estimate of drug-likeness (QED) is 0.725. The Balaban J connectivity index is 1.58. The molecule has 1 saturated heterocycles. The summed E-state index contributed by atoms with van der Waals surface area (Å²) in [5.41, 5.74) is 3.11. The van der Waals surface area contributed by atoms with Crippen LogP contribution in [-0.2, 0) is 11.2 Å². The van der Waals surface area contributed by atoms with Gasteiger partial charge in [0.1, 0.15) is 0 Å². The van der Waals surface area contributed by atoms with Gasteiger partial charge in [0.25, 0.3) is 0 Å². The Morgan fingerprint density at radius 3 is 2.40 bits per heavy atom. The number of ketones is 1. The van der Waals surface area contributed by atoms with Gasteiger partial charge in [-0.3, -0.25) is 9.59 Å². The molecular weight excluding hydrogens is 310 g/mol. The van der Waals surface area contributed by atoms with Gasteiger partial charge >= 0.3 is 0 Å². The second kappa shape index (κ2) is 8.11. The summed E-state index contributed by atoms with van der Waals surface area (Å²) in [6.45, 7) is 2.88. The third kappa shape index (κ3) is 4.16. The molecular formula is C22H25NO2. The van der Waals surface area contributed by atoms with Gasteiger partial charge in [0.15, 0.2) is 5.78 Å². The fourth-order valence-electron chi connectivity index (χ4n) is 3.52. The van der Waals surface area contributed by atoms with E-state index in [1.165, 1.54) is 11.1 Å². The molecule has 1 aliphatic rings. The molecule has 3 nitrogen and oxygen atoms in total. The Hall–Kier alpha value is -2.42. The van der Waals surface area contributed by atoms with Crippen LogP contribution >= 0.6 is 0 Å². The SMILES string of the molecule is CCc1ccc(C(=O)CCC(=O)N2CCCC2c2ccccc2)cc1. The van der Waals surface area contributed by atoms with Crippen LogP contribution in [0.25, 0.3) is 0 Å². The standard InChI is InChI=1S/C22H25NO2/c1-2-17-10-12-19(13-11-17)21(24)14-15-22(25)23-16-6-9-20(23)18-7-4-3-5-8-18/h3-5,7-8,10-13,20H,2,6,9,14-16H2,1H3. The minimum atomic E-state index is 0.0476. The molecule has 25 heavy (non-hydrogen) atoms. The van der Waals surface area contributed by atoms with Gasteiger partial charge in [0.05, 0.1) is 6.04 Å². The molecule has 3 heteroatoms. The van der Waals surface area contributed by atoms with Crippen LogP contribution in [0.3, 0.4) is 0 Å². The first-order valence-corrected chi connectivity index (χ1v) is 9.15. The van der Waals surface area contributed by atoms with Crippen LogP contribution < -0.4 is 0 Å². The van der Waals surface area contributed by atoms with E-state index in [4.69, 9.17) is 0 Å². The lowest BCUT2D eigenvalue weighted by atomic mass is 10.0. The topological polar surface area (TPSA) is 37.4 Å². The minimum Gasteiger partial charge on any atom is -0.336 e. The van der Waals surface area contributed by atoms with Crippen LogP contribution in [0, 0.1) is 0 Å². The summed E-state index contributed by atoms with van der Waals surface area (Å²) in [5, 5.41) is 0. The summed E-state index contributed by atoms with van der Waals surface area (Å²) in [6, 6.07) is 18.1. The van der Waals surface area contributed by atoms with Crippen LogP contribution in [-0.4, -0.2) is 23.1 Å². The number of hydrogen-bond acceptors (Lipinski definition) is 2. The molecule has 1 amide bonds. The van der Waals surface area contributed by atoms with Gasteiger partial charge in [-0.05, 0) is 30.4 Å². The van der Waals surface area contributed by atoms with E-state index >= 15 is 0 Å². The molecule has 1 atom stereocenters. The Morgan fingerprint density at radius 1 is 1.00 bits per heavy atom. The molecule has 1 aliphatic heterocycles. The number of likely N-dealkylation sites (tertiary alicyclic amines) is 1. The number of hydrogen-bond donors (Lipinski definition) is 0. The molecule has 0 aliphatic carbocycles. The van der Waals surface area contributed by atoms with Crippen LogP contribution in [0.2, 0.25) is 0 Å². The zero-order chi connectivity index (χ0) is 17.6. The van der Waals surface area contributed by atoms with Gasteiger partial charge in [-0.25, -0.2) is 0 Å². The lowest BCUT2D eigenvalue weighted by Crippen LogP contribution is -2.30. The number of nitrogens with zero attached hydrogens (tertiary/aromatic N) is 1. The predicted molar refractivity (Wildman–Crippen MR) is 99.5 cm³/mol. The maximum absolute atomic E-state index is 12.6. The zero-order valence-corrected chi connectivity index (χ0v) is 14.8. The lowest BCUT2D eigenvalue weighted by Gasteiger charge is -2.25. The largest absolute Gasteiger partial charge is 0.336 e. The zero-order valence-electron chi connectivity index (χ0n) is 14.8. The molecule has 0 N–H and O–H groups in total. The molecule has 3 rings (SSSR count). The first kappa shape index (κ1) is 17.4. The monoisotopic (exact) mass is 335 g/mol. The van der Waals surface area contributed by atoms with Crippen LogP contribution in [0.5, 0.6) is 0 Å². The van der Waals surface area contributed by atoms with Crippen molar-refractivity contribution in [3.8, 4) is 0 Å². The van der Waals surface area contributed by atoms with Gasteiger partial charge in [0.2, 0.25) is 5.91 Å². The van der Waals surface area contributed by atoms with E-state index in [-0.39, 0.29) is 30.6 Å². The predicted octanol–water partition coefficient (Wildman–Crippen LogP) is 4.58. The Labute approximate surface area is 149 Å². The smallest absolute Gasteiger partial charge is 0.223 e. The van der Waals surface area contributed by atoms with E-state index in [1.54, 1.807) is 0 Å². The normalized spacial score (nSPS) is 16.8. The van der Waals surface area contributed by atoms with E-state index in [2.05, 4.69) is 19.1 Å². The molecule has 1 heterocycles. The molecule has 0 bridgehead atoms. The Kier molecular flexibility index (Phi) is 5.64. The van der Waals surface area contributed by atoms with Crippen molar-refractivity contribution in [1.29, 1.82) is 0 Å². The molecule has 0 aromatic heterocycles. The van der Waals surface area contributed by atoms with Crippen LogP contribution in [0.1, 0.15) is 60.1 Å². The first-order valence-electron chi connectivity index (χ1n) is 9.15. The number of Topliss-reactive ketones (excluding diaryl/α,β-unsaturated/α-hetero) is 1. The van der Waals surface area contributed by atoms with E-state index in [9.17, 15) is 9.59 Å². The van der Waals surface area contributed by atoms with Crippen molar-refractivity contribution in [2.75, 3.05) is 6.54 Å². The molecule has 1 fully saturated rings. The third-order valence-corrected chi connectivity index (χ3v) is 5.01. The van der Waals surface area contributed by atoms with Gasteiger partial charge < -0.3 is 4.90 Å². The third-order valence-electron chi connectivity index (χ3n) is 5.01. The van der Waals surface area contributed by atoms with Gasteiger partial charge in [-0.2, -0.15) is 0 Å². The van der Waals surface area contributed by atoms with E-state index < -0.39 is 0 Å². The Morgan fingerprint density at radius 2 is 1.72 bits per heavy atom. The summed E-state index contributed by atoms with van der Waals surface area (Å²) in [4.78, 5) is 26.9. The number of rotatable bonds is 6. The van der Waals surface area contributed by atoms with Crippen molar-refractivity contribution in [3.63, 3.8) is 0 Å². The van der Waals surface area contributed by atoms with Crippen LogP contribution in [0.4, 0.5) is 0 Å². The molecule has 1 unspecified atom stereocenters. The number of aryl methyl sites for hydroxylation is 1. The van der Waals surface area contributed by atoms with Crippen molar-refractivity contribution >= 4 is 11.7 Å². The molecule has 0 radical (unpaired) electrons. The Bertz CT molecular complexity index is 721. The maximum atomic E-state index is 12.6. The molecule has 0 spiro atoms. The molecule has 0 saturated carbocycles. The highest BCUT2D eigenvalue weighted by Crippen LogP contribution is 2.32. The van der Waals surface area contributed by atoms with Crippen LogP contribution in [0.15, 0.2) is 54.6 Å². The summed E-state index contributed by atoms with van der Waals surface area (Å²) in [6.07, 6.45) is 3.56. The highest BCUT2D eigenvalue weighted by atomic mass is 16.2. The van der Waals surface area contributed by atoms with Crippen molar-refractivity contribution < 1.29 is 9.59 Å². The minimum absolute atomic E-state index is 0.0476. The second-order valence-electron chi connectivity index (χ2n) is 6.63. The number of carbonyl (C=O) groups excluding carboxylic acids is 2. The molecule has 2 aromatic carbocycles. The molecule has 130 valence electrons. The summed E-state index contributed by atoms with van der Waals surface area (Å²) in [7, 11) is 0. The second-order valence-corrected chi connectivity index (χ2v) is 6.63. The summed E-state index contributed by atoms with van der Waals surface area (Å²) in [5.74, 6) is 0.136. The first-order chi connectivity index (χ1) is 12.2. The lowest BCUT2D eigenvalue weighted by molar-refractivity contribution is -0.132. The van der Waals surface area contributed by atoms with Gasteiger partial charge in [-0.1, -0.05) is 61.5 Å². The summed E-state index contributed by atoms with van der Waals surface area (Å²) >= 11 is 0. The van der Waals surface area contributed by atoms with Gasteiger partial charge in [-0.15, -0.1) is 0 Å². The fourth-order valence-corrected chi connectivity index (χ4v) is 3.52. The highest BCUT2D eigenvalue weighted by molar-refractivity contribution is 5.98. The average molecular weight is 335 g/mol. The number of carbonyl (C=O) groups is 2. The fraction of sp³-hybridized carbons (Fsp3) is 0.364. The number of amides is 1. The number of benzene rings is 2. The van der Waals surface area contributed by atoms with E-state index in [0.717, 1.165) is 25.8 Å². The van der Waals surface area contributed by atoms with Crippen molar-refractivity contribution in [1.82, 2.24) is 4.90 Å². The maximum Gasteiger partial charge on any atom is 0.223 e. The highest BCUT2D eigenvalue weighted by Gasteiger charge is 2.29. The average Bonchev–Trinajstić information content (AvgIpc) is 3.16.